The molecule has 2 rings (SSSR count). The molecule has 0 aliphatic carbocycles. The summed E-state index contributed by atoms with van der Waals surface area (Å²) in [5, 5.41) is 3.08. The molecule has 1 aliphatic rings. The Labute approximate surface area is 115 Å². The van der Waals surface area contributed by atoms with Crippen molar-refractivity contribution in [2.45, 2.75) is 6.54 Å². The molecule has 0 saturated heterocycles. The van der Waals surface area contributed by atoms with Crippen LogP contribution in [0.3, 0.4) is 0 Å². The van der Waals surface area contributed by atoms with E-state index in [9.17, 15) is 8.42 Å². The van der Waals surface area contributed by atoms with Crippen LogP contribution in [0.5, 0.6) is 11.5 Å². The summed E-state index contributed by atoms with van der Waals surface area (Å²) in [4.78, 5) is 0. The van der Waals surface area contributed by atoms with E-state index in [1.165, 1.54) is 6.26 Å². The van der Waals surface area contributed by atoms with Crippen molar-refractivity contribution in [3.63, 3.8) is 0 Å². The molecule has 100 valence electrons. The normalized spacial score (nSPS) is 13.9. The van der Waals surface area contributed by atoms with Gasteiger partial charge >= 0.3 is 0 Å². The average Bonchev–Trinajstić information content (AvgIpc) is 2.71. The Morgan fingerprint density at radius 2 is 2.17 bits per heavy atom. The fourth-order valence-electron chi connectivity index (χ4n) is 1.61. The Balaban J connectivity index is 1.93. The second-order valence-electron chi connectivity index (χ2n) is 4.12. The van der Waals surface area contributed by atoms with Crippen LogP contribution in [0, 0.1) is 0 Å². The van der Waals surface area contributed by atoms with Gasteiger partial charge in [0.25, 0.3) is 0 Å². The van der Waals surface area contributed by atoms with Crippen molar-refractivity contribution in [3.05, 3.63) is 22.2 Å². The first-order valence-corrected chi connectivity index (χ1v) is 8.27. The minimum Gasteiger partial charge on any atom is -0.454 e. The molecule has 1 heterocycles. The highest BCUT2D eigenvalue weighted by Crippen LogP contribution is 2.39. The smallest absolute Gasteiger partial charge is 0.231 e. The van der Waals surface area contributed by atoms with E-state index in [1.54, 1.807) is 0 Å². The van der Waals surface area contributed by atoms with E-state index in [-0.39, 0.29) is 12.5 Å². The van der Waals surface area contributed by atoms with Gasteiger partial charge in [0.05, 0.1) is 10.2 Å². The van der Waals surface area contributed by atoms with Crippen LogP contribution >= 0.6 is 15.9 Å². The molecular weight excluding hydrogens is 322 g/mol. The van der Waals surface area contributed by atoms with E-state index in [0.717, 1.165) is 15.8 Å². The molecule has 0 fully saturated rings. The highest BCUT2D eigenvalue weighted by Gasteiger charge is 2.17. The topological polar surface area (TPSA) is 64.6 Å². The van der Waals surface area contributed by atoms with Gasteiger partial charge in [-0.3, -0.25) is 0 Å². The third kappa shape index (κ3) is 3.60. The summed E-state index contributed by atoms with van der Waals surface area (Å²) in [5.41, 5.74) is 1.01. The van der Waals surface area contributed by atoms with E-state index >= 15 is 0 Å². The zero-order valence-corrected chi connectivity index (χ0v) is 12.3. The van der Waals surface area contributed by atoms with Gasteiger partial charge in [-0.2, -0.15) is 0 Å². The van der Waals surface area contributed by atoms with Gasteiger partial charge in [0.15, 0.2) is 11.5 Å². The lowest BCUT2D eigenvalue weighted by molar-refractivity contribution is 0.173. The van der Waals surface area contributed by atoms with Crippen molar-refractivity contribution < 1.29 is 17.9 Å². The molecule has 1 aromatic carbocycles. The largest absolute Gasteiger partial charge is 0.454 e. The maximum atomic E-state index is 11.0. The molecule has 0 saturated carbocycles. The molecule has 7 heteroatoms. The van der Waals surface area contributed by atoms with Gasteiger partial charge < -0.3 is 14.8 Å². The SMILES string of the molecule is CS(=O)(=O)CCNCc1cc(Br)c2c(c1)OCO2. The summed E-state index contributed by atoms with van der Waals surface area (Å²) in [6, 6.07) is 3.82. The Kier molecular flexibility index (Phi) is 4.14. The van der Waals surface area contributed by atoms with Gasteiger partial charge in [-0.25, -0.2) is 8.42 Å². The van der Waals surface area contributed by atoms with Gasteiger partial charge in [0.2, 0.25) is 6.79 Å². The molecule has 1 N–H and O–H groups in total. The van der Waals surface area contributed by atoms with Crippen LogP contribution in [-0.2, 0) is 16.4 Å². The Morgan fingerprint density at radius 3 is 2.89 bits per heavy atom. The Morgan fingerprint density at radius 1 is 1.39 bits per heavy atom. The van der Waals surface area contributed by atoms with E-state index in [1.807, 2.05) is 12.1 Å². The van der Waals surface area contributed by atoms with Crippen molar-refractivity contribution >= 4 is 25.8 Å². The molecule has 18 heavy (non-hydrogen) atoms. The number of sulfone groups is 1. The van der Waals surface area contributed by atoms with Crippen LogP contribution in [0.1, 0.15) is 5.56 Å². The van der Waals surface area contributed by atoms with Crippen molar-refractivity contribution in [3.8, 4) is 11.5 Å². The predicted octanol–water partition coefficient (Wildman–Crippen LogP) is 1.31. The number of benzene rings is 1. The summed E-state index contributed by atoms with van der Waals surface area (Å²) in [7, 11) is -2.91. The molecule has 0 spiro atoms. The predicted molar refractivity (Wildman–Crippen MR) is 71.7 cm³/mol. The summed E-state index contributed by atoms with van der Waals surface area (Å²) < 4.78 is 33.4. The van der Waals surface area contributed by atoms with Gasteiger partial charge in [-0.05, 0) is 33.6 Å². The third-order valence-corrected chi connectivity index (χ3v) is 4.00. The number of rotatable bonds is 5. The molecule has 5 nitrogen and oxygen atoms in total. The fraction of sp³-hybridized carbons (Fsp3) is 0.455. The fourth-order valence-corrected chi connectivity index (χ4v) is 2.73. The number of hydrogen-bond donors (Lipinski definition) is 1. The summed E-state index contributed by atoms with van der Waals surface area (Å²) in [6.07, 6.45) is 1.23. The maximum Gasteiger partial charge on any atom is 0.231 e. The lowest BCUT2D eigenvalue weighted by atomic mass is 10.2. The molecule has 1 aliphatic heterocycles. The highest BCUT2D eigenvalue weighted by molar-refractivity contribution is 9.10. The van der Waals surface area contributed by atoms with Crippen molar-refractivity contribution in [1.82, 2.24) is 5.32 Å². The highest BCUT2D eigenvalue weighted by atomic mass is 79.9. The summed E-state index contributed by atoms with van der Waals surface area (Å²) in [5.74, 6) is 1.57. The first-order chi connectivity index (χ1) is 8.46. The van der Waals surface area contributed by atoms with Crippen molar-refractivity contribution in [1.29, 1.82) is 0 Å². The van der Waals surface area contributed by atoms with Crippen molar-refractivity contribution in [2.75, 3.05) is 25.3 Å². The molecule has 0 radical (unpaired) electrons. The molecule has 0 bridgehead atoms. The third-order valence-electron chi connectivity index (χ3n) is 2.47. The minimum atomic E-state index is -2.91. The minimum absolute atomic E-state index is 0.138. The number of ether oxygens (including phenoxy) is 2. The van der Waals surface area contributed by atoms with Crippen LogP contribution in [0.25, 0.3) is 0 Å². The van der Waals surface area contributed by atoms with E-state index in [0.29, 0.717) is 18.8 Å². The van der Waals surface area contributed by atoms with E-state index in [2.05, 4.69) is 21.2 Å². The maximum absolute atomic E-state index is 11.0. The number of nitrogens with one attached hydrogen (secondary N) is 1. The second-order valence-corrected chi connectivity index (χ2v) is 7.23. The second kappa shape index (κ2) is 5.46. The van der Waals surface area contributed by atoms with Crippen LogP contribution < -0.4 is 14.8 Å². The van der Waals surface area contributed by atoms with E-state index in [4.69, 9.17) is 9.47 Å². The Bertz CT molecular complexity index is 544. The zero-order chi connectivity index (χ0) is 13.2. The molecule has 0 atom stereocenters. The van der Waals surface area contributed by atoms with Gasteiger partial charge in [-0.15, -0.1) is 0 Å². The molecule has 0 aromatic heterocycles. The quantitative estimate of drug-likeness (QED) is 0.822. The van der Waals surface area contributed by atoms with Crippen LogP contribution in [-0.4, -0.2) is 33.8 Å². The molecule has 1 aromatic rings. The van der Waals surface area contributed by atoms with E-state index < -0.39 is 9.84 Å². The Hall–Kier alpha value is -0.790. The van der Waals surface area contributed by atoms with Crippen LogP contribution in [0.4, 0.5) is 0 Å². The molecule has 0 amide bonds. The summed E-state index contributed by atoms with van der Waals surface area (Å²) >= 11 is 3.41. The lowest BCUT2D eigenvalue weighted by Crippen LogP contribution is -2.21. The first-order valence-electron chi connectivity index (χ1n) is 5.42. The van der Waals surface area contributed by atoms with Gasteiger partial charge in [0, 0.05) is 19.3 Å². The average molecular weight is 336 g/mol. The monoisotopic (exact) mass is 335 g/mol. The lowest BCUT2D eigenvalue weighted by Gasteiger charge is -2.06. The van der Waals surface area contributed by atoms with Crippen molar-refractivity contribution in [2.24, 2.45) is 0 Å². The number of hydrogen-bond acceptors (Lipinski definition) is 5. The van der Waals surface area contributed by atoms with Crippen LogP contribution in [0.2, 0.25) is 0 Å². The number of halogens is 1. The van der Waals surface area contributed by atoms with Crippen LogP contribution in [0.15, 0.2) is 16.6 Å². The number of fused-ring (bicyclic) bond motifs is 1. The zero-order valence-electron chi connectivity index (χ0n) is 9.90. The standard InChI is InChI=1S/C11H14BrNO4S/c1-18(14,15)3-2-13-6-8-4-9(12)11-10(5-8)16-7-17-11/h4-5,13H,2-3,6-7H2,1H3. The van der Waals surface area contributed by atoms with Gasteiger partial charge in [0.1, 0.15) is 9.84 Å². The first kappa shape index (κ1) is 13.6. The molecule has 0 unspecified atom stereocenters. The summed E-state index contributed by atoms with van der Waals surface area (Å²) in [6.45, 7) is 1.26. The molecular formula is C11H14BrNO4S. The van der Waals surface area contributed by atoms with Gasteiger partial charge in [-0.1, -0.05) is 0 Å².